The number of anilines is 1. The van der Waals surface area contributed by atoms with Crippen LogP contribution in [0.1, 0.15) is 39.2 Å². The van der Waals surface area contributed by atoms with Gasteiger partial charge in [-0.1, -0.05) is 44.7 Å². The standard InChI is InChI=1S/C17H18N4O2.C2H6/c1-5-7-8-13(6-2)14-10-15(19-12(4)18-14)20-21-16(22)9-11(3)17(21)23;1-2/h5-10H,2H2,1,3-4H3,(H,18,19,20);1-2H3/b7-5-,13-8+;. The predicted octanol–water partition coefficient (Wildman–Crippen LogP) is 3.60. The molecule has 0 aliphatic carbocycles. The predicted molar refractivity (Wildman–Crippen MR) is 100 cm³/mol. The number of carbonyl (C=O) groups is 2. The maximum atomic E-state index is 11.9. The number of carbonyl (C=O) groups excluding carboxylic acids is 2. The van der Waals surface area contributed by atoms with E-state index in [-0.39, 0.29) is 5.91 Å². The van der Waals surface area contributed by atoms with Crippen molar-refractivity contribution in [2.45, 2.75) is 34.6 Å². The number of allylic oxidation sites excluding steroid dienone is 5. The normalized spacial score (nSPS) is 14.4. The van der Waals surface area contributed by atoms with Gasteiger partial charge in [-0.05, 0) is 26.3 Å². The molecule has 1 aliphatic heterocycles. The Morgan fingerprint density at radius 3 is 2.44 bits per heavy atom. The summed E-state index contributed by atoms with van der Waals surface area (Å²) in [5, 5.41) is 0.935. The third-order valence-electron chi connectivity index (χ3n) is 3.15. The van der Waals surface area contributed by atoms with Crippen molar-refractivity contribution in [3.05, 3.63) is 60.1 Å². The van der Waals surface area contributed by atoms with Crippen molar-refractivity contribution < 1.29 is 9.59 Å². The minimum Gasteiger partial charge on any atom is -0.271 e. The molecule has 25 heavy (non-hydrogen) atoms. The van der Waals surface area contributed by atoms with E-state index in [1.807, 2.05) is 39.0 Å². The maximum Gasteiger partial charge on any atom is 0.275 e. The van der Waals surface area contributed by atoms with Gasteiger partial charge in [0.2, 0.25) is 0 Å². The number of hydrogen-bond donors (Lipinski definition) is 1. The van der Waals surface area contributed by atoms with Crippen molar-refractivity contribution in [1.29, 1.82) is 0 Å². The van der Waals surface area contributed by atoms with Crippen molar-refractivity contribution in [1.82, 2.24) is 15.0 Å². The lowest BCUT2D eigenvalue weighted by Gasteiger charge is -2.17. The second-order valence-corrected chi connectivity index (χ2v) is 4.96. The minimum absolute atomic E-state index is 0.366. The maximum absolute atomic E-state index is 11.9. The number of rotatable bonds is 5. The summed E-state index contributed by atoms with van der Waals surface area (Å²) in [5.41, 5.74) is 4.58. The van der Waals surface area contributed by atoms with Gasteiger partial charge in [-0.2, -0.15) is 5.01 Å². The first-order valence-corrected chi connectivity index (χ1v) is 8.11. The van der Waals surface area contributed by atoms with Gasteiger partial charge in [-0.15, -0.1) is 0 Å². The molecule has 6 heteroatoms. The molecule has 0 saturated heterocycles. The molecule has 0 radical (unpaired) electrons. The fourth-order valence-electron chi connectivity index (χ4n) is 2.04. The van der Waals surface area contributed by atoms with Crippen molar-refractivity contribution in [3.8, 4) is 0 Å². The van der Waals surface area contributed by atoms with E-state index in [4.69, 9.17) is 0 Å². The quantitative estimate of drug-likeness (QED) is 0.655. The van der Waals surface area contributed by atoms with E-state index in [2.05, 4.69) is 22.0 Å². The number of aromatic nitrogens is 2. The summed E-state index contributed by atoms with van der Waals surface area (Å²) < 4.78 is 0. The van der Waals surface area contributed by atoms with Gasteiger partial charge in [0.25, 0.3) is 11.8 Å². The zero-order chi connectivity index (χ0) is 19.0. The number of amides is 2. The van der Waals surface area contributed by atoms with Crippen LogP contribution in [-0.2, 0) is 9.59 Å². The lowest BCUT2D eigenvalue weighted by Crippen LogP contribution is -2.36. The van der Waals surface area contributed by atoms with Crippen LogP contribution < -0.4 is 5.43 Å². The van der Waals surface area contributed by atoms with Gasteiger partial charge in [-0.25, -0.2) is 9.97 Å². The molecule has 0 bridgehead atoms. The van der Waals surface area contributed by atoms with Crippen LogP contribution in [0.5, 0.6) is 0 Å². The van der Waals surface area contributed by atoms with E-state index in [1.165, 1.54) is 6.08 Å². The van der Waals surface area contributed by atoms with Gasteiger partial charge in [0, 0.05) is 17.7 Å². The zero-order valence-electron chi connectivity index (χ0n) is 15.3. The van der Waals surface area contributed by atoms with Gasteiger partial charge in [-0.3, -0.25) is 15.0 Å². The van der Waals surface area contributed by atoms with Crippen LogP contribution in [0.25, 0.3) is 5.57 Å². The Hall–Kier alpha value is -3.02. The van der Waals surface area contributed by atoms with E-state index < -0.39 is 5.91 Å². The highest BCUT2D eigenvalue weighted by molar-refractivity contribution is 6.16. The third kappa shape index (κ3) is 4.97. The fraction of sp³-hybridized carbons (Fsp3) is 0.263. The van der Waals surface area contributed by atoms with Crippen molar-refractivity contribution >= 4 is 23.2 Å². The molecule has 1 aromatic rings. The van der Waals surface area contributed by atoms with Crippen LogP contribution in [0.2, 0.25) is 0 Å². The molecule has 0 atom stereocenters. The molecule has 2 amide bonds. The topological polar surface area (TPSA) is 75.2 Å². The number of imide groups is 1. The summed E-state index contributed by atoms with van der Waals surface area (Å²) in [7, 11) is 0. The Morgan fingerprint density at radius 2 is 1.92 bits per heavy atom. The summed E-state index contributed by atoms with van der Waals surface area (Å²) in [6, 6.07) is 1.66. The summed E-state index contributed by atoms with van der Waals surface area (Å²) in [6.07, 6.45) is 8.61. The van der Waals surface area contributed by atoms with Crippen molar-refractivity contribution in [2.24, 2.45) is 0 Å². The van der Waals surface area contributed by atoms with Gasteiger partial charge < -0.3 is 0 Å². The lowest BCUT2D eigenvalue weighted by molar-refractivity contribution is -0.135. The molecule has 0 spiro atoms. The number of nitrogens with zero attached hydrogens (tertiary/aromatic N) is 3. The molecule has 1 N–H and O–H groups in total. The SMILES string of the molecule is C=C/C(=C\C=C/C)c1cc(NN2C(=O)C=C(C)C2=O)nc(C)n1.CC. The average molecular weight is 340 g/mol. The summed E-state index contributed by atoms with van der Waals surface area (Å²) in [4.78, 5) is 32.3. The molecule has 0 fully saturated rings. The van der Waals surface area contributed by atoms with E-state index in [0.29, 0.717) is 22.9 Å². The number of hydrazine groups is 1. The number of hydrogen-bond acceptors (Lipinski definition) is 5. The van der Waals surface area contributed by atoms with Gasteiger partial charge >= 0.3 is 0 Å². The number of nitrogens with one attached hydrogen (secondary N) is 1. The monoisotopic (exact) mass is 340 g/mol. The van der Waals surface area contributed by atoms with E-state index in [1.54, 1.807) is 26.0 Å². The summed E-state index contributed by atoms with van der Waals surface area (Å²) in [6.45, 7) is 13.0. The first-order chi connectivity index (χ1) is 12.0. The van der Waals surface area contributed by atoms with E-state index in [0.717, 1.165) is 10.6 Å². The van der Waals surface area contributed by atoms with Crippen LogP contribution in [-0.4, -0.2) is 26.8 Å². The Kier molecular flexibility index (Phi) is 7.46. The lowest BCUT2D eigenvalue weighted by atomic mass is 10.1. The molecular weight excluding hydrogens is 316 g/mol. The fourth-order valence-corrected chi connectivity index (χ4v) is 2.04. The minimum atomic E-state index is -0.418. The van der Waals surface area contributed by atoms with Crippen molar-refractivity contribution in [3.63, 3.8) is 0 Å². The van der Waals surface area contributed by atoms with E-state index >= 15 is 0 Å². The molecule has 1 aliphatic rings. The third-order valence-corrected chi connectivity index (χ3v) is 3.15. The molecular formula is C19H24N4O2. The van der Waals surface area contributed by atoms with Crippen LogP contribution in [0.4, 0.5) is 5.82 Å². The molecule has 2 rings (SSSR count). The molecule has 6 nitrogen and oxygen atoms in total. The Balaban J connectivity index is 0.00000151. The largest absolute Gasteiger partial charge is 0.275 e. The smallest absolute Gasteiger partial charge is 0.271 e. The summed E-state index contributed by atoms with van der Waals surface area (Å²) >= 11 is 0. The average Bonchev–Trinajstić information content (AvgIpc) is 2.83. The van der Waals surface area contributed by atoms with Crippen LogP contribution in [0.15, 0.2) is 48.6 Å². The Bertz CT molecular complexity index is 761. The van der Waals surface area contributed by atoms with E-state index in [9.17, 15) is 9.59 Å². The second-order valence-electron chi connectivity index (χ2n) is 4.96. The molecule has 2 heterocycles. The van der Waals surface area contributed by atoms with Crippen LogP contribution >= 0.6 is 0 Å². The summed E-state index contributed by atoms with van der Waals surface area (Å²) in [5.74, 6) is 0.0764. The molecule has 132 valence electrons. The van der Waals surface area contributed by atoms with Gasteiger partial charge in [0.15, 0.2) is 0 Å². The highest BCUT2D eigenvalue weighted by Crippen LogP contribution is 2.19. The molecule has 0 unspecified atom stereocenters. The zero-order valence-corrected chi connectivity index (χ0v) is 15.3. The molecule has 0 aromatic carbocycles. The molecule has 1 aromatic heterocycles. The van der Waals surface area contributed by atoms with Gasteiger partial charge in [0.1, 0.15) is 11.6 Å². The first kappa shape index (κ1) is 20.0. The highest BCUT2D eigenvalue weighted by Gasteiger charge is 2.29. The highest BCUT2D eigenvalue weighted by atomic mass is 16.2. The second kappa shape index (κ2) is 9.32. The first-order valence-electron chi connectivity index (χ1n) is 8.11. The van der Waals surface area contributed by atoms with Crippen molar-refractivity contribution in [2.75, 3.05) is 5.43 Å². The van der Waals surface area contributed by atoms with Crippen LogP contribution in [0, 0.1) is 6.92 Å². The van der Waals surface area contributed by atoms with Gasteiger partial charge in [0.05, 0.1) is 5.69 Å². The Labute approximate surface area is 148 Å². The number of aryl methyl sites for hydroxylation is 1. The molecule has 0 saturated carbocycles. The van der Waals surface area contributed by atoms with Crippen LogP contribution in [0.3, 0.4) is 0 Å². The Morgan fingerprint density at radius 1 is 1.24 bits per heavy atom.